The summed E-state index contributed by atoms with van der Waals surface area (Å²) in [5.74, 6) is -5.47. The minimum atomic E-state index is -2.31. The Morgan fingerprint density at radius 1 is 0.912 bits per heavy atom. The number of allylic oxidation sites excluding steroid dienone is 3. The van der Waals surface area contributed by atoms with E-state index in [0.29, 0.717) is 56.9 Å². The molecule has 13 nitrogen and oxygen atoms in total. The van der Waals surface area contributed by atoms with E-state index in [1.54, 1.807) is 41.3 Å². The summed E-state index contributed by atoms with van der Waals surface area (Å²) in [6, 6.07) is -1.06. The lowest BCUT2D eigenvalue weighted by Gasteiger charge is -2.49. The molecule has 3 heterocycles. The van der Waals surface area contributed by atoms with Gasteiger partial charge in [0, 0.05) is 52.0 Å². The van der Waals surface area contributed by atoms with Crippen LogP contribution in [-0.2, 0) is 33.3 Å². The minimum Gasteiger partial charge on any atom is -0.456 e. The van der Waals surface area contributed by atoms with Crippen LogP contribution in [0, 0.1) is 29.6 Å². The minimum absolute atomic E-state index is 0.0158. The number of esters is 1. The van der Waals surface area contributed by atoms with Crippen molar-refractivity contribution in [2.75, 3.05) is 27.9 Å². The molecule has 16 atom stereocenters. The van der Waals surface area contributed by atoms with Crippen LogP contribution in [0.25, 0.3) is 0 Å². The zero-order valence-electron chi connectivity index (χ0n) is 35.6. The van der Waals surface area contributed by atoms with E-state index in [2.05, 4.69) is 13.5 Å². The third-order valence-corrected chi connectivity index (χ3v) is 13.2. The van der Waals surface area contributed by atoms with Crippen LogP contribution >= 0.6 is 0 Å². The third kappa shape index (κ3) is 11.5. The van der Waals surface area contributed by atoms with Crippen molar-refractivity contribution in [3.05, 3.63) is 36.0 Å². The first-order valence-electron chi connectivity index (χ1n) is 21.2. The third-order valence-electron chi connectivity index (χ3n) is 13.2. The van der Waals surface area contributed by atoms with E-state index in [1.165, 1.54) is 4.90 Å². The maximum absolute atomic E-state index is 14.4. The summed E-state index contributed by atoms with van der Waals surface area (Å²) in [5, 5.41) is 57.7. The molecule has 0 aromatic carbocycles. The number of carbonyl (C=O) groups excluding carboxylic acids is 2. The summed E-state index contributed by atoms with van der Waals surface area (Å²) in [6.07, 6.45) is 3.30. The van der Waals surface area contributed by atoms with Gasteiger partial charge in [-0.05, 0) is 95.5 Å². The van der Waals surface area contributed by atoms with Gasteiger partial charge in [0.05, 0.1) is 36.6 Å². The summed E-state index contributed by atoms with van der Waals surface area (Å²) in [6.45, 7) is 13.5. The maximum Gasteiger partial charge on any atom is 0.329 e. The van der Waals surface area contributed by atoms with Crippen LogP contribution in [0.4, 0.5) is 0 Å². The predicted octanol–water partition coefficient (Wildman–Crippen LogP) is 4.22. The van der Waals surface area contributed by atoms with Gasteiger partial charge in [-0.3, -0.25) is 4.79 Å². The molecule has 0 aromatic heterocycles. The number of hydrogen-bond acceptors (Lipinski definition) is 12. The van der Waals surface area contributed by atoms with E-state index >= 15 is 0 Å². The topological polar surface area (TPSA) is 185 Å². The first kappa shape index (κ1) is 47.5. The van der Waals surface area contributed by atoms with Gasteiger partial charge in [0.15, 0.2) is 6.10 Å². The van der Waals surface area contributed by atoms with E-state index in [0.717, 1.165) is 5.57 Å². The molecule has 4 rings (SSSR count). The van der Waals surface area contributed by atoms with Crippen molar-refractivity contribution in [3.63, 3.8) is 0 Å². The number of ether oxygens (including phenoxy) is 5. The smallest absolute Gasteiger partial charge is 0.329 e. The molecule has 4 aliphatic rings. The molecule has 13 heteroatoms. The Kier molecular flexibility index (Phi) is 17.8. The summed E-state index contributed by atoms with van der Waals surface area (Å²) in [5.41, 5.74) is 1.73. The van der Waals surface area contributed by atoms with Gasteiger partial charge in [0.25, 0.3) is 5.91 Å². The second kappa shape index (κ2) is 21.4. The molecule has 16 unspecified atom stereocenters. The van der Waals surface area contributed by atoms with Gasteiger partial charge in [-0.1, -0.05) is 44.6 Å². The second-order valence-corrected chi connectivity index (χ2v) is 17.6. The number of fused-ring (bicyclic) bond motifs is 3. The lowest BCUT2D eigenvalue weighted by Crippen LogP contribution is -2.66. The Balaban J connectivity index is 1.77. The molecule has 1 saturated carbocycles. The van der Waals surface area contributed by atoms with Crippen LogP contribution in [0.5, 0.6) is 0 Å². The summed E-state index contributed by atoms with van der Waals surface area (Å²) in [7, 11) is 4.69. The molecule has 0 spiro atoms. The molecule has 2 saturated heterocycles. The fourth-order valence-electron chi connectivity index (χ4n) is 9.74. The molecular weight excluding hydrogens is 734 g/mol. The number of amides is 1. The number of methoxy groups -OCH3 is 3. The van der Waals surface area contributed by atoms with Gasteiger partial charge in [0.1, 0.15) is 18.2 Å². The molecule has 57 heavy (non-hydrogen) atoms. The maximum atomic E-state index is 14.4. The van der Waals surface area contributed by atoms with Crippen molar-refractivity contribution in [1.29, 1.82) is 0 Å². The van der Waals surface area contributed by atoms with Gasteiger partial charge in [-0.15, -0.1) is 6.58 Å². The van der Waals surface area contributed by atoms with Crippen LogP contribution in [-0.4, -0.2) is 137 Å². The fraction of sp³-hybridized carbons (Fsp3) is 0.818. The number of hydrogen-bond donors (Lipinski definition) is 5. The molecule has 3 fully saturated rings. The number of cyclic esters (lactones) is 1. The molecule has 2 bridgehead atoms. The van der Waals surface area contributed by atoms with Crippen LogP contribution in [0.15, 0.2) is 36.0 Å². The first-order valence-corrected chi connectivity index (χ1v) is 21.2. The summed E-state index contributed by atoms with van der Waals surface area (Å²) in [4.78, 5) is 30.0. The highest BCUT2D eigenvalue weighted by Crippen LogP contribution is 2.40. The second-order valence-electron chi connectivity index (χ2n) is 17.6. The number of aliphatic hydroxyl groups is 5. The van der Waals surface area contributed by atoms with E-state index in [4.69, 9.17) is 23.7 Å². The van der Waals surface area contributed by atoms with Crippen molar-refractivity contribution < 1.29 is 58.8 Å². The fourth-order valence-corrected chi connectivity index (χ4v) is 9.74. The highest BCUT2D eigenvalue weighted by Gasteiger charge is 2.56. The number of piperidine rings is 1. The monoisotopic (exact) mass is 808 g/mol. The van der Waals surface area contributed by atoms with Crippen LogP contribution < -0.4 is 0 Å². The van der Waals surface area contributed by atoms with Crippen LogP contribution in [0.1, 0.15) is 105 Å². The average Bonchev–Trinajstić information content (AvgIpc) is 3.18. The van der Waals surface area contributed by atoms with Gasteiger partial charge in [-0.25, -0.2) is 4.79 Å². The van der Waals surface area contributed by atoms with E-state index in [-0.39, 0.29) is 49.7 Å². The summed E-state index contributed by atoms with van der Waals surface area (Å²) >= 11 is 0. The molecule has 1 aliphatic carbocycles. The van der Waals surface area contributed by atoms with Gasteiger partial charge < -0.3 is 54.1 Å². The quantitative estimate of drug-likeness (QED) is 0.183. The lowest BCUT2D eigenvalue weighted by atomic mass is 9.81. The molecule has 5 N–H and O–H groups in total. The average molecular weight is 808 g/mol. The Labute approximate surface area is 340 Å². The molecule has 0 radical (unpaired) electrons. The van der Waals surface area contributed by atoms with Gasteiger partial charge in [-0.2, -0.15) is 0 Å². The van der Waals surface area contributed by atoms with Crippen molar-refractivity contribution in [2.45, 2.75) is 172 Å². The molecule has 1 amide bonds. The Morgan fingerprint density at radius 2 is 1.58 bits per heavy atom. The number of rotatable bonds is 7. The summed E-state index contributed by atoms with van der Waals surface area (Å²) < 4.78 is 30.0. The van der Waals surface area contributed by atoms with Crippen LogP contribution in [0.3, 0.4) is 0 Å². The molecular formula is C44H73NO12. The van der Waals surface area contributed by atoms with E-state index in [9.17, 15) is 35.1 Å². The number of aliphatic hydroxyl groups excluding tert-OH is 4. The standard InChI is InChI=1S/C44H73NO12/c1-10-13-31-19-25(2)18-26(3)20-37(54-8)40-38(55-9)22-28(5)44(52,57-40)41(49)42(50)45-17-12-11-14-32(45)43(51)56-39(29(6)34(47)24-35(31)48)27(4)21-30-15-16-33(46)36(23-30)53-7/h10,19,21,26,28-41,46-49,52H,1,11-18,20,22-24H2,2-9H3/b25-19+,27-21?. The van der Waals surface area contributed by atoms with Crippen molar-refractivity contribution >= 4 is 11.9 Å². The highest BCUT2D eigenvalue weighted by molar-refractivity contribution is 5.88. The predicted molar refractivity (Wildman–Crippen MR) is 215 cm³/mol. The number of nitrogens with zero attached hydrogens (tertiary/aromatic N) is 1. The SMILES string of the molecule is C=CCC1/C=C(\C)CC(C)CC(OC)C2OC(O)(C(C)CC2OC)C(O)C(=O)N2CCCCC2C(=O)OC(C(C)=CC2CCC(O)C(OC)C2)C(C)C(O)CC1O. The molecule has 326 valence electrons. The Hall–Kier alpha value is -2.20. The van der Waals surface area contributed by atoms with Gasteiger partial charge >= 0.3 is 5.97 Å². The molecule has 3 aliphatic heterocycles. The zero-order valence-corrected chi connectivity index (χ0v) is 35.6. The van der Waals surface area contributed by atoms with Crippen molar-refractivity contribution in [3.8, 4) is 0 Å². The van der Waals surface area contributed by atoms with Crippen molar-refractivity contribution in [2.24, 2.45) is 29.6 Å². The first-order chi connectivity index (χ1) is 27.0. The van der Waals surface area contributed by atoms with E-state index in [1.807, 2.05) is 26.0 Å². The largest absolute Gasteiger partial charge is 0.456 e. The molecule has 0 aromatic rings. The van der Waals surface area contributed by atoms with Crippen molar-refractivity contribution in [1.82, 2.24) is 4.90 Å². The lowest BCUT2D eigenvalue weighted by molar-refractivity contribution is -0.346. The number of carbonyl (C=O) groups is 2. The van der Waals surface area contributed by atoms with E-state index < -0.39 is 84.4 Å². The normalized spacial score (nSPS) is 43.5. The zero-order chi connectivity index (χ0) is 42.2. The Bertz CT molecular complexity index is 1390. The Morgan fingerprint density at radius 3 is 2.23 bits per heavy atom. The van der Waals surface area contributed by atoms with Crippen LogP contribution in [0.2, 0.25) is 0 Å². The van der Waals surface area contributed by atoms with Gasteiger partial charge in [0.2, 0.25) is 5.79 Å². The highest BCUT2D eigenvalue weighted by atomic mass is 16.7.